The predicted molar refractivity (Wildman–Crippen MR) is 95.2 cm³/mol. The molecule has 0 fully saturated rings. The summed E-state index contributed by atoms with van der Waals surface area (Å²) < 4.78 is 0. The van der Waals surface area contributed by atoms with Crippen molar-refractivity contribution in [3.8, 4) is 11.5 Å². The van der Waals surface area contributed by atoms with Gasteiger partial charge in [-0.15, -0.1) is 0 Å². The third-order valence-corrected chi connectivity index (χ3v) is 4.21. The Hall–Kier alpha value is -3.08. The molecule has 5 heteroatoms. The van der Waals surface area contributed by atoms with Crippen molar-refractivity contribution in [2.75, 3.05) is 5.32 Å². The molecule has 0 bridgehead atoms. The van der Waals surface area contributed by atoms with Gasteiger partial charge in [-0.1, -0.05) is 25.5 Å². The van der Waals surface area contributed by atoms with Crippen LogP contribution in [0.5, 0.6) is 11.5 Å². The zero-order chi connectivity index (χ0) is 18.0. The molecular formula is C20H19NO4. The van der Waals surface area contributed by atoms with Crippen LogP contribution in [-0.2, 0) is 6.42 Å². The molecule has 128 valence electrons. The summed E-state index contributed by atoms with van der Waals surface area (Å²) in [7, 11) is 0. The Kier molecular flexibility index (Phi) is 4.57. The molecule has 0 radical (unpaired) electrons. The monoisotopic (exact) mass is 337 g/mol. The van der Waals surface area contributed by atoms with E-state index in [4.69, 9.17) is 0 Å². The molecule has 0 saturated carbocycles. The number of aryl methyl sites for hydroxylation is 1. The fourth-order valence-electron chi connectivity index (χ4n) is 2.85. The smallest absolute Gasteiger partial charge is 0.213 e. The molecule has 2 aromatic carbocycles. The van der Waals surface area contributed by atoms with E-state index in [9.17, 15) is 19.8 Å². The number of hydrogen-bond donors (Lipinski definition) is 3. The lowest BCUT2D eigenvalue weighted by Crippen LogP contribution is -2.21. The average molecular weight is 337 g/mol. The summed E-state index contributed by atoms with van der Waals surface area (Å²) in [4.78, 5) is 24.8. The van der Waals surface area contributed by atoms with E-state index in [1.165, 1.54) is 17.7 Å². The summed E-state index contributed by atoms with van der Waals surface area (Å²) in [5, 5.41) is 22.7. The van der Waals surface area contributed by atoms with E-state index in [-0.39, 0.29) is 28.3 Å². The number of phenols is 2. The quantitative estimate of drug-likeness (QED) is 0.722. The number of unbranched alkanes of at least 4 members (excludes halogenated alkanes) is 1. The Morgan fingerprint density at radius 3 is 2.20 bits per heavy atom. The third-order valence-electron chi connectivity index (χ3n) is 4.21. The summed E-state index contributed by atoms with van der Waals surface area (Å²) in [5.41, 5.74) is 1.62. The highest BCUT2D eigenvalue weighted by atomic mass is 16.3. The molecule has 1 aliphatic rings. The van der Waals surface area contributed by atoms with E-state index in [0.29, 0.717) is 5.69 Å². The van der Waals surface area contributed by atoms with Crippen LogP contribution in [-0.4, -0.2) is 21.8 Å². The summed E-state index contributed by atoms with van der Waals surface area (Å²) in [6.45, 7) is 2.14. The van der Waals surface area contributed by atoms with Crippen LogP contribution in [0.15, 0.2) is 48.2 Å². The predicted octanol–water partition coefficient (Wildman–Crippen LogP) is 3.82. The first kappa shape index (κ1) is 16.8. The second kappa shape index (κ2) is 6.81. The number of carbonyl (C=O) groups excluding carboxylic acids is 2. The Labute approximate surface area is 145 Å². The van der Waals surface area contributed by atoms with Crippen LogP contribution in [0.1, 0.15) is 46.0 Å². The molecule has 1 aliphatic carbocycles. The Morgan fingerprint density at radius 1 is 0.920 bits per heavy atom. The van der Waals surface area contributed by atoms with Crippen molar-refractivity contribution in [2.45, 2.75) is 26.2 Å². The molecule has 2 aromatic rings. The number of ketones is 2. The zero-order valence-electron chi connectivity index (χ0n) is 13.9. The molecule has 5 nitrogen and oxygen atoms in total. The summed E-state index contributed by atoms with van der Waals surface area (Å²) in [5.74, 6) is -1.70. The van der Waals surface area contributed by atoms with Gasteiger partial charge in [-0.25, -0.2) is 0 Å². The first-order valence-electron chi connectivity index (χ1n) is 8.23. The fraction of sp³-hybridized carbons (Fsp3) is 0.200. The number of hydrogen-bond acceptors (Lipinski definition) is 5. The van der Waals surface area contributed by atoms with E-state index >= 15 is 0 Å². The van der Waals surface area contributed by atoms with Gasteiger partial charge < -0.3 is 15.5 Å². The number of carbonyl (C=O) groups is 2. The van der Waals surface area contributed by atoms with Crippen LogP contribution in [0.25, 0.3) is 0 Å². The number of allylic oxidation sites excluding steroid dienone is 2. The van der Waals surface area contributed by atoms with Gasteiger partial charge in [0.25, 0.3) is 0 Å². The second-order valence-electron chi connectivity index (χ2n) is 6.03. The highest BCUT2D eigenvalue weighted by Crippen LogP contribution is 2.34. The Morgan fingerprint density at radius 2 is 1.56 bits per heavy atom. The molecule has 0 heterocycles. The van der Waals surface area contributed by atoms with E-state index in [1.807, 2.05) is 24.3 Å². The van der Waals surface area contributed by atoms with E-state index < -0.39 is 11.6 Å². The van der Waals surface area contributed by atoms with Gasteiger partial charge in [-0.05, 0) is 42.7 Å². The van der Waals surface area contributed by atoms with E-state index in [2.05, 4.69) is 12.2 Å². The van der Waals surface area contributed by atoms with Crippen molar-refractivity contribution >= 4 is 17.3 Å². The third kappa shape index (κ3) is 3.26. The van der Waals surface area contributed by atoms with Gasteiger partial charge in [-0.2, -0.15) is 0 Å². The standard InChI is InChI=1S/C20H19NO4/c1-2-3-4-12-5-7-13(8-6-12)21-14-11-17(24)18-15(22)9-10-16(23)19(18)20(14)25/h5-11,21-23H,2-4H2,1H3. The first-order valence-corrected chi connectivity index (χ1v) is 8.23. The van der Waals surface area contributed by atoms with Gasteiger partial charge >= 0.3 is 0 Å². The molecule has 0 unspecified atom stereocenters. The molecule has 0 saturated heterocycles. The highest BCUT2D eigenvalue weighted by Gasteiger charge is 2.31. The SMILES string of the molecule is CCCCc1ccc(NC2=CC(=O)c3c(O)ccc(O)c3C2=O)cc1. The van der Waals surface area contributed by atoms with E-state index in [1.54, 1.807) is 0 Å². The summed E-state index contributed by atoms with van der Waals surface area (Å²) in [6, 6.07) is 10.0. The largest absolute Gasteiger partial charge is 0.507 e. The molecule has 25 heavy (non-hydrogen) atoms. The number of nitrogens with one attached hydrogen (secondary N) is 1. The van der Waals surface area contributed by atoms with Crippen LogP contribution < -0.4 is 5.32 Å². The van der Waals surface area contributed by atoms with Crippen LogP contribution >= 0.6 is 0 Å². The van der Waals surface area contributed by atoms with Gasteiger partial charge in [0.05, 0.1) is 16.8 Å². The van der Waals surface area contributed by atoms with Gasteiger partial charge in [0, 0.05) is 11.8 Å². The number of rotatable bonds is 5. The number of aromatic hydroxyl groups is 2. The molecule has 0 aliphatic heterocycles. The van der Waals surface area contributed by atoms with Gasteiger partial charge in [0.2, 0.25) is 5.78 Å². The van der Waals surface area contributed by atoms with Crippen LogP contribution in [0.3, 0.4) is 0 Å². The van der Waals surface area contributed by atoms with Crippen molar-refractivity contribution in [1.82, 2.24) is 0 Å². The minimum Gasteiger partial charge on any atom is -0.507 e. The maximum absolute atomic E-state index is 12.6. The number of fused-ring (bicyclic) bond motifs is 1. The molecule has 3 rings (SSSR count). The highest BCUT2D eigenvalue weighted by molar-refractivity contribution is 6.27. The molecule has 0 spiro atoms. The first-order chi connectivity index (χ1) is 12.0. The van der Waals surface area contributed by atoms with Crippen molar-refractivity contribution < 1.29 is 19.8 Å². The summed E-state index contributed by atoms with van der Waals surface area (Å²) in [6.07, 6.45) is 4.38. The molecule has 3 N–H and O–H groups in total. The minimum absolute atomic E-state index is 0.0692. The lowest BCUT2D eigenvalue weighted by atomic mass is 9.91. The Bertz CT molecular complexity index is 866. The van der Waals surface area contributed by atoms with Crippen LogP contribution in [0.4, 0.5) is 5.69 Å². The Balaban J connectivity index is 1.86. The van der Waals surface area contributed by atoms with Gasteiger partial charge in [0.1, 0.15) is 11.5 Å². The van der Waals surface area contributed by atoms with Crippen LogP contribution in [0.2, 0.25) is 0 Å². The second-order valence-corrected chi connectivity index (χ2v) is 6.03. The van der Waals surface area contributed by atoms with Crippen molar-refractivity contribution in [3.63, 3.8) is 0 Å². The number of benzene rings is 2. The molecular weight excluding hydrogens is 318 g/mol. The molecule has 0 aromatic heterocycles. The maximum Gasteiger partial charge on any atom is 0.213 e. The number of phenolic OH excluding ortho intramolecular Hbond substituents is 2. The molecule has 0 amide bonds. The van der Waals surface area contributed by atoms with Gasteiger partial charge in [-0.3, -0.25) is 9.59 Å². The molecule has 0 atom stereocenters. The van der Waals surface area contributed by atoms with Crippen molar-refractivity contribution in [2.24, 2.45) is 0 Å². The number of anilines is 1. The average Bonchev–Trinajstić information content (AvgIpc) is 2.60. The zero-order valence-corrected chi connectivity index (χ0v) is 13.9. The lowest BCUT2D eigenvalue weighted by molar-refractivity contribution is 0.0980. The van der Waals surface area contributed by atoms with Crippen molar-refractivity contribution in [1.29, 1.82) is 0 Å². The number of Topliss-reactive ketones (excluding diaryl/α,β-unsaturated/α-hetero) is 1. The fourth-order valence-corrected chi connectivity index (χ4v) is 2.85. The van der Waals surface area contributed by atoms with Crippen molar-refractivity contribution in [3.05, 3.63) is 64.9 Å². The van der Waals surface area contributed by atoms with Crippen LogP contribution in [0, 0.1) is 0 Å². The summed E-state index contributed by atoms with van der Waals surface area (Å²) >= 11 is 0. The maximum atomic E-state index is 12.6. The minimum atomic E-state index is -0.530. The normalized spacial score (nSPS) is 13.4. The van der Waals surface area contributed by atoms with E-state index in [0.717, 1.165) is 25.3 Å². The topological polar surface area (TPSA) is 86.6 Å². The van der Waals surface area contributed by atoms with Gasteiger partial charge in [0.15, 0.2) is 5.78 Å². The lowest BCUT2D eigenvalue weighted by Gasteiger charge is -2.18.